The molecule has 1 amide bonds. The summed E-state index contributed by atoms with van der Waals surface area (Å²) in [6, 6.07) is 6.86. The number of ketones is 1. The number of fused-ring (bicyclic) bond motifs is 1. The lowest BCUT2D eigenvalue weighted by Crippen LogP contribution is -2.26. The molecule has 164 valence electrons. The highest BCUT2D eigenvalue weighted by Crippen LogP contribution is 2.36. The van der Waals surface area contributed by atoms with Gasteiger partial charge in [-0.15, -0.1) is 11.8 Å². The van der Waals surface area contributed by atoms with Crippen LogP contribution in [0.15, 0.2) is 29.2 Å². The van der Waals surface area contributed by atoms with Crippen molar-refractivity contribution in [1.82, 2.24) is 4.57 Å². The molecule has 2 atom stereocenters. The van der Waals surface area contributed by atoms with Crippen molar-refractivity contribution in [3.05, 3.63) is 46.8 Å². The number of nitrogens with one attached hydrogen (secondary N) is 1. The fraction of sp³-hybridized carbons (Fsp3) is 0.435. The van der Waals surface area contributed by atoms with E-state index in [1.807, 2.05) is 26.8 Å². The minimum atomic E-state index is -0.595. The minimum Gasteiger partial charge on any atom is -0.454 e. The molecule has 0 spiro atoms. The Morgan fingerprint density at radius 1 is 1.29 bits per heavy atom. The normalized spacial score (nSPS) is 20.3. The maximum absolute atomic E-state index is 12.7. The van der Waals surface area contributed by atoms with Crippen LogP contribution < -0.4 is 5.32 Å². The van der Waals surface area contributed by atoms with Crippen molar-refractivity contribution in [3.63, 3.8) is 0 Å². The number of amides is 1. The average molecular weight is 443 g/mol. The Morgan fingerprint density at radius 3 is 2.84 bits per heavy atom. The Kier molecular flexibility index (Phi) is 6.20. The van der Waals surface area contributed by atoms with Gasteiger partial charge in [-0.3, -0.25) is 9.59 Å². The number of carbonyl (C=O) groups excluding carboxylic acids is 3. The van der Waals surface area contributed by atoms with Gasteiger partial charge in [0.15, 0.2) is 6.61 Å². The third kappa shape index (κ3) is 4.55. The van der Waals surface area contributed by atoms with Gasteiger partial charge in [-0.25, -0.2) is 4.79 Å². The second-order valence-corrected chi connectivity index (χ2v) is 9.37. The standard InChI is InChI=1S/C23H26N2O5S/c1-13-9-18(14(2)25(13)11-17-5-4-8-29-17)20(26)12-30-23(28)16-6-7-21-19(10-16)24-22(27)15(3)31-21/h6-7,9-10,15,17H,4-5,8,11-12H2,1-3H3,(H,24,27)/t15-,17+/m0/s1. The monoisotopic (exact) mass is 442 g/mol. The molecule has 3 heterocycles. The number of Topliss-reactive ketones (excluding diaryl/α,β-unsaturated/α-hetero) is 1. The fourth-order valence-corrected chi connectivity index (χ4v) is 4.91. The molecule has 1 aromatic carbocycles. The van der Waals surface area contributed by atoms with Crippen LogP contribution >= 0.6 is 11.8 Å². The first kappa shape index (κ1) is 21.6. The molecular weight excluding hydrogens is 416 g/mol. The van der Waals surface area contributed by atoms with Gasteiger partial charge < -0.3 is 19.4 Å². The second kappa shape index (κ2) is 8.88. The summed E-state index contributed by atoms with van der Waals surface area (Å²) in [5.41, 5.74) is 3.29. The molecule has 4 rings (SSSR count). The van der Waals surface area contributed by atoms with E-state index >= 15 is 0 Å². The lowest BCUT2D eigenvalue weighted by atomic mass is 10.1. The molecule has 1 N–H and O–H groups in total. The van der Waals surface area contributed by atoms with Crippen molar-refractivity contribution in [2.45, 2.75) is 56.4 Å². The molecule has 1 aromatic heterocycles. The molecule has 1 saturated heterocycles. The van der Waals surface area contributed by atoms with Gasteiger partial charge in [-0.2, -0.15) is 0 Å². The summed E-state index contributed by atoms with van der Waals surface area (Å²) in [7, 11) is 0. The number of esters is 1. The van der Waals surface area contributed by atoms with Crippen molar-refractivity contribution in [2.75, 3.05) is 18.5 Å². The van der Waals surface area contributed by atoms with Crippen LogP contribution in [0.3, 0.4) is 0 Å². The smallest absolute Gasteiger partial charge is 0.338 e. The van der Waals surface area contributed by atoms with Gasteiger partial charge in [-0.1, -0.05) is 0 Å². The molecule has 7 nitrogen and oxygen atoms in total. The molecule has 2 aliphatic rings. The molecule has 0 radical (unpaired) electrons. The zero-order valence-corrected chi connectivity index (χ0v) is 18.7. The highest BCUT2D eigenvalue weighted by molar-refractivity contribution is 8.00. The minimum absolute atomic E-state index is 0.100. The summed E-state index contributed by atoms with van der Waals surface area (Å²) < 4.78 is 13.1. The van der Waals surface area contributed by atoms with E-state index in [2.05, 4.69) is 9.88 Å². The van der Waals surface area contributed by atoms with Crippen molar-refractivity contribution in [1.29, 1.82) is 0 Å². The van der Waals surface area contributed by atoms with Crippen molar-refractivity contribution in [2.24, 2.45) is 0 Å². The van der Waals surface area contributed by atoms with Crippen LogP contribution in [0.4, 0.5) is 5.69 Å². The number of rotatable bonds is 6. The third-order valence-electron chi connectivity index (χ3n) is 5.76. The summed E-state index contributed by atoms with van der Waals surface area (Å²) >= 11 is 1.44. The first-order valence-electron chi connectivity index (χ1n) is 10.4. The molecule has 8 heteroatoms. The van der Waals surface area contributed by atoms with Gasteiger partial charge in [0, 0.05) is 35.0 Å². The zero-order chi connectivity index (χ0) is 22.1. The third-order valence-corrected chi connectivity index (χ3v) is 6.94. The first-order chi connectivity index (χ1) is 14.8. The lowest BCUT2D eigenvalue weighted by Gasteiger charge is -2.21. The van der Waals surface area contributed by atoms with Crippen LogP contribution in [0.5, 0.6) is 0 Å². The average Bonchev–Trinajstić information content (AvgIpc) is 3.36. The van der Waals surface area contributed by atoms with Gasteiger partial charge in [0.05, 0.1) is 22.6 Å². The van der Waals surface area contributed by atoms with Crippen LogP contribution in [0.1, 0.15) is 51.9 Å². The molecule has 0 saturated carbocycles. The number of anilines is 1. The largest absolute Gasteiger partial charge is 0.454 e. The van der Waals surface area contributed by atoms with Gasteiger partial charge in [0.1, 0.15) is 0 Å². The van der Waals surface area contributed by atoms with Crippen molar-refractivity contribution >= 4 is 35.1 Å². The molecule has 0 bridgehead atoms. The summed E-state index contributed by atoms with van der Waals surface area (Å²) in [6.45, 7) is 6.87. The van der Waals surface area contributed by atoms with E-state index in [0.29, 0.717) is 16.8 Å². The van der Waals surface area contributed by atoms with E-state index in [1.165, 1.54) is 11.8 Å². The quantitative estimate of drug-likeness (QED) is 0.542. The fourth-order valence-electron chi connectivity index (χ4n) is 3.98. The van der Waals surface area contributed by atoms with E-state index in [4.69, 9.17) is 9.47 Å². The Labute approximate surface area is 185 Å². The Bertz CT molecular complexity index is 1040. The number of hydrogen-bond acceptors (Lipinski definition) is 6. The number of aromatic nitrogens is 1. The van der Waals surface area contributed by atoms with Crippen LogP contribution in [0, 0.1) is 13.8 Å². The van der Waals surface area contributed by atoms with Crippen LogP contribution in [-0.4, -0.2) is 46.8 Å². The topological polar surface area (TPSA) is 86.6 Å². The van der Waals surface area contributed by atoms with E-state index in [1.54, 1.807) is 18.2 Å². The molecular formula is C23H26N2O5S. The molecule has 2 aromatic rings. The van der Waals surface area contributed by atoms with Gasteiger partial charge >= 0.3 is 5.97 Å². The number of hydrogen-bond donors (Lipinski definition) is 1. The summed E-state index contributed by atoms with van der Waals surface area (Å²) in [6.07, 6.45) is 2.27. The number of ether oxygens (including phenoxy) is 2. The summed E-state index contributed by atoms with van der Waals surface area (Å²) in [5, 5.41) is 2.62. The number of thioether (sulfide) groups is 1. The highest BCUT2D eigenvalue weighted by Gasteiger charge is 2.25. The predicted octanol–water partition coefficient (Wildman–Crippen LogP) is 3.76. The first-order valence-corrected chi connectivity index (χ1v) is 11.3. The second-order valence-electron chi connectivity index (χ2n) is 7.99. The predicted molar refractivity (Wildman–Crippen MR) is 118 cm³/mol. The van der Waals surface area contributed by atoms with E-state index < -0.39 is 5.97 Å². The van der Waals surface area contributed by atoms with Gasteiger partial charge in [0.25, 0.3) is 0 Å². The van der Waals surface area contributed by atoms with Crippen molar-refractivity contribution in [3.8, 4) is 0 Å². The Morgan fingerprint density at radius 2 is 2.10 bits per heavy atom. The summed E-state index contributed by atoms with van der Waals surface area (Å²) in [4.78, 5) is 38.0. The number of benzene rings is 1. The zero-order valence-electron chi connectivity index (χ0n) is 17.9. The van der Waals surface area contributed by atoms with Crippen LogP contribution in [0.2, 0.25) is 0 Å². The number of aryl methyl sites for hydroxylation is 1. The van der Waals surface area contributed by atoms with Crippen molar-refractivity contribution < 1.29 is 23.9 Å². The Hall–Kier alpha value is -2.58. The molecule has 1 fully saturated rings. The molecule has 2 aliphatic heterocycles. The molecule has 31 heavy (non-hydrogen) atoms. The van der Waals surface area contributed by atoms with E-state index in [0.717, 1.165) is 42.3 Å². The Balaban J connectivity index is 1.40. The van der Waals surface area contributed by atoms with Gasteiger partial charge in [0.2, 0.25) is 11.7 Å². The van der Waals surface area contributed by atoms with E-state index in [-0.39, 0.29) is 29.7 Å². The van der Waals surface area contributed by atoms with Crippen LogP contribution in [0.25, 0.3) is 0 Å². The SMILES string of the molecule is Cc1cc(C(=O)COC(=O)c2ccc3c(c2)NC(=O)[C@H](C)S3)c(C)n1C[C@H]1CCCO1. The lowest BCUT2D eigenvalue weighted by molar-refractivity contribution is -0.115. The molecule has 0 unspecified atom stereocenters. The summed E-state index contributed by atoms with van der Waals surface area (Å²) in [5.74, 6) is -0.936. The maximum atomic E-state index is 12.7. The highest BCUT2D eigenvalue weighted by atomic mass is 32.2. The number of nitrogens with zero attached hydrogens (tertiary/aromatic N) is 1. The van der Waals surface area contributed by atoms with Gasteiger partial charge in [-0.05, 0) is 57.9 Å². The number of carbonyl (C=O) groups is 3. The van der Waals surface area contributed by atoms with E-state index in [9.17, 15) is 14.4 Å². The maximum Gasteiger partial charge on any atom is 0.338 e. The molecule has 0 aliphatic carbocycles. The van der Waals surface area contributed by atoms with Crippen LogP contribution in [-0.2, 0) is 20.8 Å².